The molecule has 0 radical (unpaired) electrons. The minimum absolute atomic E-state index is 0.176. The number of aromatic nitrogens is 2. The number of ether oxygens (including phenoxy) is 1. The maximum atomic E-state index is 12.6. The highest BCUT2D eigenvalue weighted by Crippen LogP contribution is 2.24. The number of nitrogens with one attached hydrogen (secondary N) is 3. The quantitative estimate of drug-likeness (QED) is 0.279. The maximum absolute atomic E-state index is 12.6. The number of carbonyl (C=O) groups excluding carboxylic acids is 2. The predicted octanol–water partition coefficient (Wildman–Crippen LogP) is 4.63. The first kappa shape index (κ1) is 32.5. The van der Waals surface area contributed by atoms with Crippen molar-refractivity contribution in [3.63, 3.8) is 0 Å². The van der Waals surface area contributed by atoms with Gasteiger partial charge in [-0.1, -0.05) is 32.9 Å². The molecule has 4 N–H and O–H groups in total. The van der Waals surface area contributed by atoms with E-state index in [1.54, 1.807) is 48.7 Å². The lowest BCUT2D eigenvalue weighted by Gasteiger charge is -2.31. The van der Waals surface area contributed by atoms with Crippen LogP contribution in [0.2, 0.25) is 0 Å². The van der Waals surface area contributed by atoms with Gasteiger partial charge in [0, 0.05) is 35.9 Å². The molecule has 1 fully saturated rings. The average Bonchev–Trinajstić information content (AvgIpc) is 3.39. The largest absolute Gasteiger partial charge is 0.489 e. The van der Waals surface area contributed by atoms with Crippen LogP contribution in [-0.2, 0) is 15.5 Å². The number of benzene rings is 1. The fourth-order valence-electron chi connectivity index (χ4n) is 3.91. The number of carbonyl (C=O) groups is 2. The molecular formula is C28H38N6O7S. The number of likely N-dealkylation sites (tertiary alicyclic amines) is 1. The van der Waals surface area contributed by atoms with E-state index >= 15 is 0 Å². The zero-order valence-electron chi connectivity index (χ0n) is 24.4. The molecule has 3 aromatic rings. The monoisotopic (exact) mass is 602 g/mol. The molecule has 3 amide bonds. The molecule has 0 bridgehead atoms. The van der Waals surface area contributed by atoms with E-state index in [-0.39, 0.29) is 29.0 Å². The highest BCUT2D eigenvalue weighted by atomic mass is 32.2. The molecule has 42 heavy (non-hydrogen) atoms. The van der Waals surface area contributed by atoms with Gasteiger partial charge in [-0.15, -0.1) is 0 Å². The molecule has 1 saturated heterocycles. The molecule has 3 heterocycles. The van der Waals surface area contributed by atoms with Gasteiger partial charge in [0.1, 0.15) is 17.5 Å². The Bertz CT molecular complexity index is 1420. The highest BCUT2D eigenvalue weighted by Gasteiger charge is 2.21. The Hall–Kier alpha value is -4.01. The second-order valence-corrected chi connectivity index (χ2v) is 12.3. The third kappa shape index (κ3) is 11.1. The third-order valence-corrected chi connectivity index (χ3v) is 6.17. The van der Waals surface area contributed by atoms with Gasteiger partial charge in [-0.25, -0.2) is 9.78 Å². The Labute approximate surface area is 245 Å². The van der Waals surface area contributed by atoms with Crippen molar-refractivity contribution in [1.29, 1.82) is 0 Å². The van der Waals surface area contributed by atoms with Crippen molar-refractivity contribution in [2.75, 3.05) is 41.8 Å². The van der Waals surface area contributed by atoms with Crippen molar-refractivity contribution < 1.29 is 31.8 Å². The van der Waals surface area contributed by atoms with Crippen LogP contribution in [0.15, 0.2) is 53.2 Å². The summed E-state index contributed by atoms with van der Waals surface area (Å²) in [6.45, 7) is 11.3. The minimum Gasteiger partial charge on any atom is -0.489 e. The smallest absolute Gasteiger partial charge is 0.326 e. The molecule has 1 aliphatic heterocycles. The number of nitrogens with zero attached hydrogens (tertiary/aromatic N) is 3. The van der Waals surface area contributed by atoms with Crippen LogP contribution in [0, 0.1) is 0 Å². The highest BCUT2D eigenvalue weighted by molar-refractivity contribution is 7.85. The molecule has 0 spiro atoms. The van der Waals surface area contributed by atoms with Crippen LogP contribution in [0.3, 0.4) is 0 Å². The minimum atomic E-state index is -3.67. The van der Waals surface area contributed by atoms with Crippen LogP contribution in [0.5, 0.6) is 5.75 Å². The van der Waals surface area contributed by atoms with E-state index in [0.29, 0.717) is 23.4 Å². The molecule has 0 aliphatic carbocycles. The zero-order valence-corrected chi connectivity index (χ0v) is 25.2. The number of hydrogen-bond donors (Lipinski definition) is 4. The number of hydrogen-bond acceptors (Lipinski definition) is 9. The predicted molar refractivity (Wildman–Crippen MR) is 160 cm³/mol. The van der Waals surface area contributed by atoms with Crippen LogP contribution < -0.4 is 20.7 Å². The fraction of sp³-hybridized carbons (Fsp3) is 0.429. The molecule has 1 aromatic carbocycles. The van der Waals surface area contributed by atoms with E-state index in [0.717, 1.165) is 38.2 Å². The van der Waals surface area contributed by atoms with E-state index in [2.05, 4.69) is 37.9 Å². The first-order valence-electron chi connectivity index (χ1n) is 13.4. The Balaban J connectivity index is 0.000000892. The van der Waals surface area contributed by atoms with Crippen LogP contribution in [0.4, 0.5) is 22.1 Å². The number of amides is 3. The summed E-state index contributed by atoms with van der Waals surface area (Å²) in [6.07, 6.45) is 4.45. The summed E-state index contributed by atoms with van der Waals surface area (Å²) in [5.74, 6) is 0.596. The van der Waals surface area contributed by atoms with E-state index in [4.69, 9.17) is 13.8 Å². The van der Waals surface area contributed by atoms with E-state index in [1.165, 1.54) is 0 Å². The van der Waals surface area contributed by atoms with E-state index in [9.17, 15) is 18.0 Å². The van der Waals surface area contributed by atoms with Gasteiger partial charge in [0.15, 0.2) is 0 Å². The number of anilines is 3. The lowest BCUT2D eigenvalue weighted by Crippen LogP contribution is -2.38. The lowest BCUT2D eigenvalue weighted by molar-refractivity contribution is 0.101. The molecule has 0 saturated carbocycles. The van der Waals surface area contributed by atoms with Gasteiger partial charge < -0.3 is 24.8 Å². The Kier molecular flexibility index (Phi) is 11.0. The topological polar surface area (TPSA) is 176 Å². The molecule has 13 nitrogen and oxygen atoms in total. The second kappa shape index (κ2) is 14.2. The molecule has 14 heteroatoms. The summed E-state index contributed by atoms with van der Waals surface area (Å²) in [7, 11) is -3.67. The number of piperidine rings is 1. The number of pyridine rings is 1. The molecule has 1 aliphatic rings. The van der Waals surface area contributed by atoms with Gasteiger partial charge >= 0.3 is 6.03 Å². The van der Waals surface area contributed by atoms with Crippen LogP contribution in [0.1, 0.15) is 56.7 Å². The Morgan fingerprint density at radius 3 is 2.14 bits per heavy atom. The summed E-state index contributed by atoms with van der Waals surface area (Å²) in [5, 5.41) is 12.1. The summed E-state index contributed by atoms with van der Waals surface area (Å²) >= 11 is 0. The fourth-order valence-corrected chi connectivity index (χ4v) is 3.91. The molecule has 2 aromatic heterocycles. The van der Waals surface area contributed by atoms with Crippen molar-refractivity contribution in [3.05, 3.63) is 60.0 Å². The van der Waals surface area contributed by atoms with Crippen LogP contribution >= 0.6 is 0 Å². The number of urea groups is 1. The van der Waals surface area contributed by atoms with Gasteiger partial charge in [0.25, 0.3) is 16.0 Å². The molecule has 0 unspecified atom stereocenters. The maximum Gasteiger partial charge on any atom is 0.326 e. The standard InChI is InChI=1S/C27H34N6O4.CH4O3S/c1-5-33-14-12-20(13-15-33)36-21-10-11-22(28-17-21)25(34)29-18-6-8-19(9-7-18)30-26(35)31-24-16-23(32-37-24)27(2,3)4;1-5(2,3)4/h6-11,16-17,20H,5,12-15H2,1-4H3,(H,29,34)(H2,30,31,35);1H3,(H,2,3,4). The van der Waals surface area contributed by atoms with E-state index < -0.39 is 16.1 Å². The van der Waals surface area contributed by atoms with Crippen molar-refractivity contribution >= 4 is 39.3 Å². The summed E-state index contributed by atoms with van der Waals surface area (Å²) in [6, 6.07) is 11.4. The summed E-state index contributed by atoms with van der Waals surface area (Å²) in [4.78, 5) is 31.5. The number of rotatable bonds is 7. The van der Waals surface area contributed by atoms with E-state index in [1.807, 2.05) is 20.8 Å². The Morgan fingerprint density at radius 2 is 1.64 bits per heavy atom. The molecule has 4 rings (SSSR count). The van der Waals surface area contributed by atoms with Gasteiger partial charge in [-0.2, -0.15) is 8.42 Å². The average molecular weight is 603 g/mol. The van der Waals surface area contributed by atoms with Crippen LogP contribution in [0.25, 0.3) is 0 Å². The van der Waals surface area contributed by atoms with Gasteiger partial charge in [0.2, 0.25) is 5.88 Å². The van der Waals surface area contributed by atoms with Gasteiger partial charge in [0.05, 0.1) is 18.1 Å². The lowest BCUT2D eigenvalue weighted by atomic mass is 9.92. The van der Waals surface area contributed by atoms with Crippen molar-refractivity contribution in [2.45, 2.75) is 52.1 Å². The van der Waals surface area contributed by atoms with Crippen molar-refractivity contribution in [1.82, 2.24) is 15.0 Å². The van der Waals surface area contributed by atoms with Crippen molar-refractivity contribution in [3.8, 4) is 5.75 Å². The summed E-state index contributed by atoms with van der Waals surface area (Å²) in [5.41, 5.74) is 1.97. The van der Waals surface area contributed by atoms with Gasteiger partial charge in [-0.05, 0) is 55.8 Å². The first-order chi connectivity index (χ1) is 19.7. The normalized spacial score (nSPS) is 14.3. The SMILES string of the molecule is CCN1CCC(Oc2ccc(C(=O)Nc3ccc(NC(=O)Nc4cc(C(C)(C)C)no4)cc3)nc2)CC1.CS(=O)(=O)O. The zero-order chi connectivity index (χ0) is 30.9. The van der Waals surface area contributed by atoms with Crippen molar-refractivity contribution in [2.24, 2.45) is 0 Å². The first-order valence-corrected chi connectivity index (χ1v) is 15.3. The summed E-state index contributed by atoms with van der Waals surface area (Å²) < 4.78 is 37.1. The second-order valence-electron chi connectivity index (χ2n) is 10.8. The van der Waals surface area contributed by atoms with Gasteiger partial charge in [-0.3, -0.25) is 14.7 Å². The molecular weight excluding hydrogens is 564 g/mol. The van der Waals surface area contributed by atoms with Crippen LogP contribution in [-0.4, -0.2) is 71.9 Å². The molecule has 0 atom stereocenters. The third-order valence-electron chi connectivity index (χ3n) is 6.17. The molecule has 228 valence electrons. The Morgan fingerprint density at radius 1 is 1.05 bits per heavy atom.